The minimum atomic E-state index is -0.588. The van der Waals surface area contributed by atoms with Gasteiger partial charge in [0.25, 0.3) is 5.91 Å². The van der Waals surface area contributed by atoms with Crippen LogP contribution in [0.25, 0.3) is 11.0 Å². The Morgan fingerprint density at radius 3 is 2.77 bits per heavy atom. The number of carbonyl (C=O) groups is 2. The smallest absolute Gasteiger partial charge is 0.339 e. The van der Waals surface area contributed by atoms with Gasteiger partial charge in [0.1, 0.15) is 11.3 Å². The number of amides is 2. The second-order valence-electron chi connectivity index (χ2n) is 10.1. The summed E-state index contributed by atoms with van der Waals surface area (Å²) in [6, 6.07) is 3.61. The van der Waals surface area contributed by atoms with Crippen LogP contribution in [0.4, 0.5) is 0 Å². The van der Waals surface area contributed by atoms with Crippen LogP contribution in [0.5, 0.6) is 5.75 Å². The van der Waals surface area contributed by atoms with Crippen LogP contribution in [0.15, 0.2) is 21.3 Å². The molecule has 1 aliphatic heterocycles. The normalized spacial score (nSPS) is 22.1. The van der Waals surface area contributed by atoms with Gasteiger partial charge in [0, 0.05) is 48.5 Å². The van der Waals surface area contributed by atoms with Gasteiger partial charge < -0.3 is 24.5 Å². The maximum absolute atomic E-state index is 12.6. The zero-order chi connectivity index (χ0) is 25.2. The van der Waals surface area contributed by atoms with Gasteiger partial charge in [-0.2, -0.15) is 0 Å². The Labute approximate surface area is 205 Å². The first-order valence-electron chi connectivity index (χ1n) is 12.6. The number of aryl methyl sites for hydroxylation is 2. The van der Waals surface area contributed by atoms with Crippen LogP contribution in [0, 0.1) is 26.7 Å². The standard InChI is InChI=1S/C27H36N2O6/c1-17-18(2)26(32)35-25-19(3)22(10-9-21(17)25)34-16-23(30)28-13-6-8-24(31)29-14-12-27(33)11-5-4-7-20(27)15-29/h9-10,20,33H,4-8,11-16H2,1-3H3,(H,28,30)/t20-,27+/m1/s1. The van der Waals surface area contributed by atoms with Crippen molar-refractivity contribution in [1.82, 2.24) is 10.2 Å². The molecule has 2 aromatic rings. The highest BCUT2D eigenvalue weighted by Gasteiger charge is 2.43. The summed E-state index contributed by atoms with van der Waals surface area (Å²) in [5, 5.41) is 14.4. The minimum absolute atomic E-state index is 0.0851. The van der Waals surface area contributed by atoms with Crippen molar-refractivity contribution in [1.29, 1.82) is 0 Å². The Morgan fingerprint density at radius 1 is 1.17 bits per heavy atom. The van der Waals surface area contributed by atoms with Gasteiger partial charge in [-0.25, -0.2) is 4.79 Å². The zero-order valence-corrected chi connectivity index (χ0v) is 20.9. The molecule has 0 bridgehead atoms. The molecular formula is C27H36N2O6. The lowest BCUT2D eigenvalue weighted by Crippen LogP contribution is -2.54. The van der Waals surface area contributed by atoms with Crippen LogP contribution in [-0.4, -0.2) is 53.7 Å². The minimum Gasteiger partial charge on any atom is -0.483 e. The van der Waals surface area contributed by atoms with E-state index in [4.69, 9.17) is 9.15 Å². The fraction of sp³-hybridized carbons (Fsp3) is 0.593. The number of hydrogen-bond acceptors (Lipinski definition) is 6. The number of nitrogens with one attached hydrogen (secondary N) is 1. The number of nitrogens with zero attached hydrogens (tertiary/aromatic N) is 1. The Balaban J connectivity index is 1.21. The van der Waals surface area contributed by atoms with E-state index in [0.29, 0.717) is 61.4 Å². The molecule has 2 fully saturated rings. The molecular weight excluding hydrogens is 448 g/mol. The molecule has 1 saturated heterocycles. The molecule has 2 atom stereocenters. The number of carbonyl (C=O) groups excluding carboxylic acids is 2. The molecule has 2 N–H and O–H groups in total. The molecule has 1 aliphatic carbocycles. The molecule has 0 radical (unpaired) electrons. The largest absolute Gasteiger partial charge is 0.483 e. The third kappa shape index (κ3) is 5.37. The summed E-state index contributed by atoms with van der Waals surface area (Å²) in [5.41, 5.74) is 1.64. The first kappa shape index (κ1) is 25.2. The summed E-state index contributed by atoms with van der Waals surface area (Å²) in [6.07, 6.45) is 5.60. The van der Waals surface area contributed by atoms with Gasteiger partial charge in [0.05, 0.1) is 5.60 Å². The topological polar surface area (TPSA) is 109 Å². The van der Waals surface area contributed by atoms with E-state index in [1.165, 1.54) is 0 Å². The predicted molar refractivity (Wildman–Crippen MR) is 133 cm³/mol. The SMILES string of the molecule is Cc1c(C)c2ccc(OCC(=O)NCCCC(=O)N3CC[C@@]4(O)CCCC[C@@H]4C3)c(C)c2oc1=O. The Hall–Kier alpha value is -2.87. The fourth-order valence-corrected chi connectivity index (χ4v) is 5.40. The molecule has 1 saturated carbocycles. The lowest BCUT2D eigenvalue weighted by atomic mass is 9.71. The van der Waals surface area contributed by atoms with E-state index in [1.807, 2.05) is 17.9 Å². The lowest BCUT2D eigenvalue weighted by Gasteiger charge is -2.47. The molecule has 4 rings (SSSR count). The maximum atomic E-state index is 12.6. The van der Waals surface area contributed by atoms with E-state index in [1.54, 1.807) is 19.9 Å². The molecule has 1 aromatic carbocycles. The first-order valence-corrected chi connectivity index (χ1v) is 12.6. The van der Waals surface area contributed by atoms with Crippen molar-refractivity contribution < 1.29 is 23.8 Å². The Morgan fingerprint density at radius 2 is 1.97 bits per heavy atom. The molecule has 190 valence electrons. The van der Waals surface area contributed by atoms with Crippen molar-refractivity contribution in [2.75, 3.05) is 26.2 Å². The van der Waals surface area contributed by atoms with E-state index < -0.39 is 5.60 Å². The Kier molecular flexibility index (Phi) is 7.50. The average Bonchev–Trinajstić information content (AvgIpc) is 2.84. The molecule has 8 nitrogen and oxygen atoms in total. The third-order valence-corrected chi connectivity index (χ3v) is 7.85. The molecule has 2 aliphatic rings. The number of fused-ring (bicyclic) bond motifs is 2. The van der Waals surface area contributed by atoms with Crippen LogP contribution < -0.4 is 15.7 Å². The van der Waals surface area contributed by atoms with Crippen LogP contribution in [0.3, 0.4) is 0 Å². The molecule has 2 amide bonds. The molecule has 0 unspecified atom stereocenters. The summed E-state index contributed by atoms with van der Waals surface area (Å²) < 4.78 is 11.1. The van der Waals surface area contributed by atoms with Gasteiger partial charge in [0.2, 0.25) is 5.91 Å². The molecule has 0 spiro atoms. The van der Waals surface area contributed by atoms with Crippen molar-refractivity contribution in [2.45, 2.75) is 71.3 Å². The fourth-order valence-electron chi connectivity index (χ4n) is 5.40. The highest BCUT2D eigenvalue weighted by molar-refractivity contribution is 5.86. The summed E-state index contributed by atoms with van der Waals surface area (Å²) >= 11 is 0. The summed E-state index contributed by atoms with van der Waals surface area (Å²) in [5.74, 6) is 0.484. The number of likely N-dealkylation sites (tertiary alicyclic amines) is 1. The van der Waals surface area contributed by atoms with Gasteiger partial charge in [-0.05, 0) is 64.2 Å². The van der Waals surface area contributed by atoms with E-state index in [-0.39, 0.29) is 30.0 Å². The maximum Gasteiger partial charge on any atom is 0.339 e. The van der Waals surface area contributed by atoms with Gasteiger partial charge in [-0.1, -0.05) is 12.8 Å². The van der Waals surface area contributed by atoms with Gasteiger partial charge in [-0.15, -0.1) is 0 Å². The van der Waals surface area contributed by atoms with E-state index in [2.05, 4.69) is 5.32 Å². The number of benzene rings is 1. The van der Waals surface area contributed by atoms with E-state index >= 15 is 0 Å². The van der Waals surface area contributed by atoms with Gasteiger partial charge >= 0.3 is 5.63 Å². The molecule has 2 heterocycles. The van der Waals surface area contributed by atoms with E-state index in [0.717, 1.165) is 36.6 Å². The summed E-state index contributed by atoms with van der Waals surface area (Å²) in [4.78, 5) is 38.8. The lowest BCUT2D eigenvalue weighted by molar-refractivity contribution is -0.143. The molecule has 8 heteroatoms. The zero-order valence-electron chi connectivity index (χ0n) is 20.9. The van der Waals surface area contributed by atoms with Crippen LogP contribution in [0.1, 0.15) is 61.6 Å². The van der Waals surface area contributed by atoms with Crippen molar-refractivity contribution in [3.8, 4) is 5.75 Å². The van der Waals surface area contributed by atoms with Crippen molar-refractivity contribution >= 4 is 22.8 Å². The first-order chi connectivity index (χ1) is 16.7. The van der Waals surface area contributed by atoms with Crippen molar-refractivity contribution in [2.24, 2.45) is 5.92 Å². The number of rotatable bonds is 7. The van der Waals surface area contributed by atoms with Crippen LogP contribution in [0.2, 0.25) is 0 Å². The Bertz CT molecular complexity index is 1170. The average molecular weight is 485 g/mol. The predicted octanol–water partition coefficient (Wildman–Crippen LogP) is 3.15. The highest BCUT2D eigenvalue weighted by atomic mass is 16.5. The molecule has 35 heavy (non-hydrogen) atoms. The number of ether oxygens (including phenoxy) is 1. The van der Waals surface area contributed by atoms with Gasteiger partial charge in [-0.3, -0.25) is 9.59 Å². The van der Waals surface area contributed by atoms with Crippen molar-refractivity contribution in [3.63, 3.8) is 0 Å². The van der Waals surface area contributed by atoms with Crippen molar-refractivity contribution in [3.05, 3.63) is 39.2 Å². The number of hydrogen-bond donors (Lipinski definition) is 2. The quantitative estimate of drug-likeness (QED) is 0.462. The van der Waals surface area contributed by atoms with E-state index in [9.17, 15) is 19.5 Å². The number of aliphatic hydroxyl groups is 1. The van der Waals surface area contributed by atoms with Gasteiger partial charge in [0.15, 0.2) is 6.61 Å². The monoisotopic (exact) mass is 484 g/mol. The third-order valence-electron chi connectivity index (χ3n) is 7.85. The molecule has 1 aromatic heterocycles. The number of piperidine rings is 1. The highest BCUT2D eigenvalue weighted by Crippen LogP contribution is 2.39. The second-order valence-corrected chi connectivity index (χ2v) is 10.1. The summed E-state index contributed by atoms with van der Waals surface area (Å²) in [7, 11) is 0. The van der Waals surface area contributed by atoms with Crippen LogP contribution >= 0.6 is 0 Å². The summed E-state index contributed by atoms with van der Waals surface area (Å²) in [6.45, 7) is 6.89. The second kappa shape index (κ2) is 10.4. The van der Waals surface area contributed by atoms with Crippen LogP contribution in [-0.2, 0) is 9.59 Å².